The van der Waals surface area contributed by atoms with Gasteiger partial charge in [-0.15, -0.1) is 0 Å². The van der Waals surface area contributed by atoms with E-state index in [1.807, 2.05) is 48.2 Å². The highest BCUT2D eigenvalue weighted by molar-refractivity contribution is 6.01. The molecule has 0 aliphatic carbocycles. The Hall–Kier alpha value is -2.82. The number of para-hydroxylation sites is 1. The summed E-state index contributed by atoms with van der Waals surface area (Å²) in [6.45, 7) is 4.13. The number of aromatic nitrogens is 2. The third-order valence-corrected chi connectivity index (χ3v) is 4.02. The van der Waals surface area contributed by atoms with Gasteiger partial charge < -0.3 is 14.6 Å². The molecule has 0 saturated carbocycles. The second kappa shape index (κ2) is 6.74. The number of ether oxygens (including phenoxy) is 1. The number of aryl methyl sites for hydroxylation is 1. The number of fused-ring (bicyclic) bond motifs is 1. The largest absolute Gasteiger partial charge is 0.464 e. The molecule has 0 saturated heterocycles. The van der Waals surface area contributed by atoms with E-state index in [0.717, 1.165) is 17.1 Å². The van der Waals surface area contributed by atoms with Gasteiger partial charge in [0, 0.05) is 30.6 Å². The standard InChI is InChI=1S/C19H21N3O2/c1-13(2)17(18-20-9-10-22(18)3)21-19(23)15-8-11-24-16-7-5-4-6-14(16)12-15/h4-13,17H,1-3H3,(H,21,23)/t17-/m1/s1. The minimum atomic E-state index is -0.161. The number of hydrogen-bond acceptors (Lipinski definition) is 3. The second-order valence-electron chi connectivity index (χ2n) is 6.15. The smallest absolute Gasteiger partial charge is 0.252 e. The Balaban J connectivity index is 1.86. The lowest BCUT2D eigenvalue weighted by molar-refractivity contribution is -0.118. The highest BCUT2D eigenvalue weighted by atomic mass is 16.5. The summed E-state index contributed by atoms with van der Waals surface area (Å²) in [5.74, 6) is 1.65. The average Bonchev–Trinajstić information content (AvgIpc) is 2.86. The Morgan fingerprint density at radius 2 is 2.08 bits per heavy atom. The van der Waals surface area contributed by atoms with Gasteiger partial charge in [0.25, 0.3) is 5.91 Å². The SMILES string of the molecule is CC(C)[C@@H](NC(=O)C1=Cc2ccccc2OC=C1)c1nccn1C. The maximum Gasteiger partial charge on any atom is 0.252 e. The van der Waals surface area contributed by atoms with Crippen molar-refractivity contribution in [2.24, 2.45) is 13.0 Å². The van der Waals surface area contributed by atoms with Crippen LogP contribution in [0.4, 0.5) is 0 Å². The number of hydrogen-bond donors (Lipinski definition) is 1. The Morgan fingerprint density at radius 1 is 1.29 bits per heavy atom. The number of imidazole rings is 1. The fourth-order valence-corrected chi connectivity index (χ4v) is 2.68. The van der Waals surface area contributed by atoms with Crippen LogP contribution < -0.4 is 10.1 Å². The van der Waals surface area contributed by atoms with Crippen molar-refractivity contribution in [1.29, 1.82) is 0 Å². The molecule has 1 aromatic heterocycles. The van der Waals surface area contributed by atoms with Crippen molar-refractivity contribution in [2.75, 3.05) is 0 Å². The first-order valence-electron chi connectivity index (χ1n) is 7.98. The number of carbonyl (C=O) groups is 1. The van der Waals surface area contributed by atoms with E-state index in [1.54, 1.807) is 18.5 Å². The van der Waals surface area contributed by atoms with Gasteiger partial charge in [0.1, 0.15) is 11.6 Å². The zero-order valence-electron chi connectivity index (χ0n) is 14.1. The number of rotatable bonds is 4. The van der Waals surface area contributed by atoms with Crippen LogP contribution in [-0.2, 0) is 11.8 Å². The molecule has 24 heavy (non-hydrogen) atoms. The van der Waals surface area contributed by atoms with E-state index >= 15 is 0 Å². The van der Waals surface area contributed by atoms with Gasteiger partial charge in [0.15, 0.2) is 0 Å². The van der Waals surface area contributed by atoms with Crippen LogP contribution in [0.2, 0.25) is 0 Å². The summed E-state index contributed by atoms with van der Waals surface area (Å²) in [6, 6.07) is 7.47. The number of nitrogens with zero attached hydrogens (tertiary/aromatic N) is 2. The molecule has 0 fully saturated rings. The summed E-state index contributed by atoms with van der Waals surface area (Å²) in [7, 11) is 1.93. The van der Waals surface area contributed by atoms with Crippen LogP contribution >= 0.6 is 0 Å². The molecular formula is C19H21N3O2. The van der Waals surface area contributed by atoms with Crippen molar-refractivity contribution in [3.05, 3.63) is 66.0 Å². The lowest BCUT2D eigenvalue weighted by Gasteiger charge is -2.22. The highest BCUT2D eigenvalue weighted by Crippen LogP contribution is 2.25. The summed E-state index contributed by atoms with van der Waals surface area (Å²) in [4.78, 5) is 17.1. The topological polar surface area (TPSA) is 56.1 Å². The van der Waals surface area contributed by atoms with E-state index in [-0.39, 0.29) is 17.9 Å². The van der Waals surface area contributed by atoms with Gasteiger partial charge in [-0.3, -0.25) is 4.79 Å². The molecular weight excluding hydrogens is 302 g/mol. The molecule has 0 bridgehead atoms. The maximum atomic E-state index is 12.8. The Kier molecular flexibility index (Phi) is 4.51. The third kappa shape index (κ3) is 3.25. The predicted octanol–water partition coefficient (Wildman–Crippen LogP) is 3.22. The van der Waals surface area contributed by atoms with Gasteiger partial charge >= 0.3 is 0 Å². The molecule has 0 unspecified atom stereocenters. The van der Waals surface area contributed by atoms with Crippen molar-refractivity contribution in [3.63, 3.8) is 0 Å². The van der Waals surface area contributed by atoms with Gasteiger partial charge in [-0.25, -0.2) is 4.98 Å². The molecule has 5 heteroatoms. The zero-order chi connectivity index (χ0) is 17.1. The lowest BCUT2D eigenvalue weighted by atomic mass is 10.0. The van der Waals surface area contributed by atoms with Crippen molar-refractivity contribution in [3.8, 4) is 5.75 Å². The molecule has 1 N–H and O–H groups in total. The van der Waals surface area contributed by atoms with Crippen molar-refractivity contribution >= 4 is 12.0 Å². The van der Waals surface area contributed by atoms with Gasteiger partial charge in [-0.05, 0) is 24.1 Å². The van der Waals surface area contributed by atoms with E-state index in [9.17, 15) is 4.79 Å². The van der Waals surface area contributed by atoms with Crippen molar-refractivity contribution in [1.82, 2.24) is 14.9 Å². The first-order valence-corrected chi connectivity index (χ1v) is 7.98. The van der Waals surface area contributed by atoms with Gasteiger partial charge in [-0.2, -0.15) is 0 Å². The summed E-state index contributed by atoms with van der Waals surface area (Å²) in [6.07, 6.45) is 8.69. The monoisotopic (exact) mass is 323 g/mol. The number of amides is 1. The molecule has 1 aliphatic heterocycles. The molecule has 1 aliphatic rings. The highest BCUT2D eigenvalue weighted by Gasteiger charge is 2.23. The second-order valence-corrected chi connectivity index (χ2v) is 6.15. The molecule has 1 atom stereocenters. The van der Waals surface area contributed by atoms with Crippen LogP contribution in [0.15, 0.2) is 54.6 Å². The molecule has 1 amide bonds. The van der Waals surface area contributed by atoms with E-state index in [4.69, 9.17) is 4.74 Å². The van der Waals surface area contributed by atoms with Crippen LogP contribution in [-0.4, -0.2) is 15.5 Å². The van der Waals surface area contributed by atoms with Gasteiger partial charge in [-0.1, -0.05) is 32.0 Å². The van der Waals surface area contributed by atoms with Crippen LogP contribution in [0.5, 0.6) is 5.75 Å². The number of carbonyl (C=O) groups excluding carboxylic acids is 1. The molecule has 2 aromatic rings. The first kappa shape index (κ1) is 16.1. The minimum absolute atomic E-state index is 0.145. The molecule has 0 radical (unpaired) electrons. The Labute approximate surface area is 141 Å². The van der Waals surface area contributed by atoms with Crippen LogP contribution in [0.25, 0.3) is 6.08 Å². The predicted molar refractivity (Wildman–Crippen MR) is 93.1 cm³/mol. The zero-order valence-corrected chi connectivity index (χ0v) is 14.1. The molecule has 124 valence electrons. The van der Waals surface area contributed by atoms with Crippen LogP contribution in [0.1, 0.15) is 31.3 Å². The summed E-state index contributed by atoms with van der Waals surface area (Å²) >= 11 is 0. The van der Waals surface area contributed by atoms with E-state index < -0.39 is 0 Å². The first-order chi connectivity index (χ1) is 11.6. The fourth-order valence-electron chi connectivity index (χ4n) is 2.68. The molecule has 5 nitrogen and oxygen atoms in total. The minimum Gasteiger partial charge on any atom is -0.464 e. The maximum absolute atomic E-state index is 12.8. The van der Waals surface area contributed by atoms with E-state index in [1.165, 1.54) is 0 Å². The van der Waals surface area contributed by atoms with Crippen LogP contribution in [0, 0.1) is 5.92 Å². The van der Waals surface area contributed by atoms with Crippen LogP contribution in [0.3, 0.4) is 0 Å². The Morgan fingerprint density at radius 3 is 2.79 bits per heavy atom. The molecule has 3 rings (SSSR count). The van der Waals surface area contributed by atoms with E-state index in [2.05, 4.69) is 24.1 Å². The average molecular weight is 323 g/mol. The quantitative estimate of drug-likeness (QED) is 0.940. The summed E-state index contributed by atoms with van der Waals surface area (Å²) in [5, 5.41) is 3.09. The normalized spacial score (nSPS) is 14.4. The fraction of sp³-hybridized carbons (Fsp3) is 0.263. The van der Waals surface area contributed by atoms with Gasteiger partial charge in [0.2, 0.25) is 0 Å². The molecule has 0 spiro atoms. The van der Waals surface area contributed by atoms with Crippen molar-refractivity contribution in [2.45, 2.75) is 19.9 Å². The van der Waals surface area contributed by atoms with E-state index in [0.29, 0.717) is 5.57 Å². The molecule has 2 heterocycles. The number of nitrogens with one attached hydrogen (secondary N) is 1. The van der Waals surface area contributed by atoms with Gasteiger partial charge in [0.05, 0.1) is 12.3 Å². The molecule has 1 aromatic carbocycles. The summed E-state index contributed by atoms with van der Waals surface area (Å²) in [5.41, 5.74) is 1.44. The third-order valence-electron chi connectivity index (χ3n) is 4.02. The van der Waals surface area contributed by atoms with Crippen molar-refractivity contribution < 1.29 is 9.53 Å². The summed E-state index contributed by atoms with van der Waals surface area (Å²) < 4.78 is 7.47. The Bertz CT molecular complexity index is 802. The lowest BCUT2D eigenvalue weighted by Crippen LogP contribution is -2.34. The number of benzene rings is 1.